The van der Waals surface area contributed by atoms with Crippen molar-refractivity contribution in [2.24, 2.45) is 0 Å². The molecule has 0 aliphatic rings. The number of fused-ring (bicyclic) bond motifs is 1. The smallest absolute Gasteiger partial charge is 0.316 e. The SMILES string of the molecule is Cc1cn2nc(CCNC(=O)N(C)C)sc2n1. The van der Waals surface area contributed by atoms with E-state index in [1.165, 1.54) is 4.90 Å². The second kappa shape index (κ2) is 4.70. The summed E-state index contributed by atoms with van der Waals surface area (Å²) in [6, 6.07) is -0.0813. The molecule has 2 aromatic rings. The minimum atomic E-state index is -0.0813. The Kier molecular flexibility index (Phi) is 3.28. The zero-order valence-electron chi connectivity index (χ0n) is 10.1. The molecule has 6 nitrogen and oxygen atoms in total. The number of carbonyl (C=O) groups excluding carboxylic acids is 1. The number of hydrogen-bond donors (Lipinski definition) is 1. The monoisotopic (exact) mass is 253 g/mol. The summed E-state index contributed by atoms with van der Waals surface area (Å²) in [5.41, 5.74) is 0.969. The lowest BCUT2D eigenvalue weighted by molar-refractivity contribution is 0.217. The van der Waals surface area contributed by atoms with Gasteiger partial charge in [-0.05, 0) is 6.92 Å². The lowest BCUT2D eigenvalue weighted by Crippen LogP contribution is -2.35. The van der Waals surface area contributed by atoms with Gasteiger partial charge in [0.25, 0.3) is 0 Å². The predicted molar refractivity (Wildman–Crippen MR) is 66.4 cm³/mol. The standard InChI is InChI=1S/C10H15N5OS/c1-7-6-15-10(12-7)17-8(13-15)4-5-11-9(16)14(2)3/h6H,4-5H2,1-3H3,(H,11,16). The summed E-state index contributed by atoms with van der Waals surface area (Å²) in [5.74, 6) is 0. The van der Waals surface area contributed by atoms with Crippen LogP contribution in [0.3, 0.4) is 0 Å². The van der Waals surface area contributed by atoms with Gasteiger partial charge in [0, 0.05) is 27.1 Å². The summed E-state index contributed by atoms with van der Waals surface area (Å²) in [5, 5.41) is 8.16. The van der Waals surface area contributed by atoms with E-state index in [9.17, 15) is 4.79 Å². The molecule has 0 saturated heterocycles. The van der Waals surface area contributed by atoms with Crippen molar-refractivity contribution in [3.8, 4) is 0 Å². The molecule has 0 saturated carbocycles. The zero-order chi connectivity index (χ0) is 12.4. The number of nitrogens with zero attached hydrogens (tertiary/aromatic N) is 4. The minimum absolute atomic E-state index is 0.0813. The maximum Gasteiger partial charge on any atom is 0.316 e. The van der Waals surface area contributed by atoms with Crippen LogP contribution >= 0.6 is 11.3 Å². The van der Waals surface area contributed by atoms with Gasteiger partial charge < -0.3 is 10.2 Å². The zero-order valence-corrected chi connectivity index (χ0v) is 10.9. The van der Waals surface area contributed by atoms with Gasteiger partial charge in [-0.15, -0.1) is 0 Å². The number of aromatic nitrogens is 3. The highest BCUT2D eigenvalue weighted by Gasteiger charge is 2.07. The van der Waals surface area contributed by atoms with E-state index in [0.717, 1.165) is 22.1 Å². The van der Waals surface area contributed by atoms with Gasteiger partial charge in [0.15, 0.2) is 0 Å². The van der Waals surface area contributed by atoms with E-state index < -0.39 is 0 Å². The van der Waals surface area contributed by atoms with Crippen molar-refractivity contribution in [1.29, 1.82) is 0 Å². The number of nitrogens with one attached hydrogen (secondary N) is 1. The molecule has 0 unspecified atom stereocenters. The summed E-state index contributed by atoms with van der Waals surface area (Å²) in [6.07, 6.45) is 2.63. The van der Waals surface area contributed by atoms with Crippen LogP contribution in [0.25, 0.3) is 4.96 Å². The number of rotatable bonds is 3. The highest BCUT2D eigenvalue weighted by Crippen LogP contribution is 2.14. The fourth-order valence-corrected chi connectivity index (χ4v) is 2.31. The molecule has 0 radical (unpaired) electrons. The summed E-state index contributed by atoms with van der Waals surface area (Å²) in [4.78, 5) is 18.0. The Hall–Kier alpha value is -1.63. The van der Waals surface area contributed by atoms with Crippen molar-refractivity contribution in [2.75, 3.05) is 20.6 Å². The molecule has 7 heteroatoms. The first-order valence-electron chi connectivity index (χ1n) is 5.33. The van der Waals surface area contributed by atoms with Crippen molar-refractivity contribution in [3.05, 3.63) is 16.9 Å². The number of urea groups is 1. The summed E-state index contributed by atoms with van der Waals surface area (Å²) in [7, 11) is 3.44. The maximum atomic E-state index is 11.3. The second-order valence-corrected chi connectivity index (χ2v) is 5.02. The molecule has 0 spiro atoms. The molecule has 2 amide bonds. The van der Waals surface area contributed by atoms with Crippen LogP contribution in [0.4, 0.5) is 4.79 Å². The van der Waals surface area contributed by atoms with E-state index in [0.29, 0.717) is 6.54 Å². The minimum Gasteiger partial charge on any atom is -0.338 e. The van der Waals surface area contributed by atoms with Crippen molar-refractivity contribution in [2.45, 2.75) is 13.3 Å². The van der Waals surface area contributed by atoms with Gasteiger partial charge in [-0.1, -0.05) is 11.3 Å². The van der Waals surface area contributed by atoms with Crippen molar-refractivity contribution in [1.82, 2.24) is 24.8 Å². The Bertz CT molecular complexity index is 498. The van der Waals surface area contributed by atoms with Crippen LogP contribution in [0.15, 0.2) is 6.20 Å². The molecular formula is C10H15N5OS. The molecule has 0 atom stereocenters. The molecule has 2 aromatic heterocycles. The number of amides is 2. The molecule has 1 N–H and O–H groups in total. The van der Waals surface area contributed by atoms with E-state index in [4.69, 9.17) is 0 Å². The Morgan fingerprint density at radius 2 is 2.35 bits per heavy atom. The van der Waals surface area contributed by atoms with Crippen LogP contribution < -0.4 is 5.32 Å². The van der Waals surface area contributed by atoms with Crippen molar-refractivity contribution >= 4 is 22.3 Å². The highest BCUT2D eigenvalue weighted by atomic mass is 32.1. The van der Waals surface area contributed by atoms with E-state index in [2.05, 4.69) is 15.4 Å². The molecule has 0 fully saturated rings. The molecule has 0 bridgehead atoms. The van der Waals surface area contributed by atoms with Gasteiger partial charge in [0.05, 0.1) is 11.9 Å². The third-order valence-corrected chi connectivity index (χ3v) is 3.21. The van der Waals surface area contributed by atoms with E-state index in [1.54, 1.807) is 29.9 Å². The van der Waals surface area contributed by atoms with Gasteiger partial charge in [-0.2, -0.15) is 5.10 Å². The highest BCUT2D eigenvalue weighted by molar-refractivity contribution is 7.16. The van der Waals surface area contributed by atoms with Gasteiger partial charge in [0.1, 0.15) is 5.01 Å². The van der Waals surface area contributed by atoms with E-state index in [-0.39, 0.29) is 6.03 Å². The van der Waals surface area contributed by atoms with Crippen LogP contribution in [0.2, 0.25) is 0 Å². The van der Waals surface area contributed by atoms with Crippen LogP contribution in [0, 0.1) is 6.92 Å². The van der Waals surface area contributed by atoms with Crippen LogP contribution in [0.5, 0.6) is 0 Å². The quantitative estimate of drug-likeness (QED) is 0.884. The van der Waals surface area contributed by atoms with Crippen LogP contribution in [-0.4, -0.2) is 46.2 Å². The number of hydrogen-bond acceptors (Lipinski definition) is 4. The third kappa shape index (κ3) is 2.73. The molecule has 2 heterocycles. The molecule has 92 valence electrons. The average Bonchev–Trinajstić information content (AvgIpc) is 2.74. The molecule has 17 heavy (non-hydrogen) atoms. The van der Waals surface area contributed by atoms with Crippen molar-refractivity contribution < 1.29 is 4.79 Å². The second-order valence-electron chi connectivity index (χ2n) is 3.98. The van der Waals surface area contributed by atoms with Gasteiger partial charge in [-0.25, -0.2) is 14.3 Å². The Labute approximate surface area is 103 Å². The molecule has 0 aliphatic carbocycles. The van der Waals surface area contributed by atoms with Crippen molar-refractivity contribution in [3.63, 3.8) is 0 Å². The lowest BCUT2D eigenvalue weighted by atomic mass is 10.4. The van der Waals surface area contributed by atoms with E-state index in [1.807, 2.05) is 13.1 Å². The predicted octanol–water partition coefficient (Wildman–Crippen LogP) is 0.913. The molecular weight excluding hydrogens is 238 g/mol. The maximum absolute atomic E-state index is 11.3. The number of carbonyl (C=O) groups is 1. The fourth-order valence-electron chi connectivity index (χ4n) is 1.39. The first kappa shape index (κ1) is 11.8. The topological polar surface area (TPSA) is 62.5 Å². The number of imidazole rings is 1. The molecule has 2 rings (SSSR count). The van der Waals surface area contributed by atoms with Crippen LogP contribution in [0.1, 0.15) is 10.7 Å². The largest absolute Gasteiger partial charge is 0.338 e. The summed E-state index contributed by atoms with van der Waals surface area (Å²) in [6.45, 7) is 2.53. The first-order chi connectivity index (χ1) is 8.06. The average molecular weight is 253 g/mol. The van der Waals surface area contributed by atoms with Crippen LogP contribution in [-0.2, 0) is 6.42 Å². The van der Waals surface area contributed by atoms with E-state index >= 15 is 0 Å². The lowest BCUT2D eigenvalue weighted by Gasteiger charge is -2.10. The fraction of sp³-hybridized carbons (Fsp3) is 0.500. The summed E-state index contributed by atoms with van der Waals surface area (Å²) >= 11 is 1.55. The molecule has 0 aromatic carbocycles. The van der Waals surface area contributed by atoms with Gasteiger partial charge in [0.2, 0.25) is 4.96 Å². The Morgan fingerprint density at radius 1 is 1.59 bits per heavy atom. The van der Waals surface area contributed by atoms with Gasteiger partial charge >= 0.3 is 6.03 Å². The summed E-state index contributed by atoms with van der Waals surface area (Å²) < 4.78 is 1.78. The third-order valence-electron chi connectivity index (χ3n) is 2.23. The normalized spacial score (nSPS) is 10.8. The molecule has 0 aliphatic heterocycles. The first-order valence-corrected chi connectivity index (χ1v) is 6.15. The number of aryl methyl sites for hydroxylation is 1. The Balaban J connectivity index is 1.91. The van der Waals surface area contributed by atoms with Gasteiger partial charge in [-0.3, -0.25) is 0 Å². The Morgan fingerprint density at radius 3 is 3.00 bits per heavy atom.